The van der Waals surface area contributed by atoms with Crippen LogP contribution >= 0.6 is 0 Å². The van der Waals surface area contributed by atoms with Crippen LogP contribution in [0.25, 0.3) is 0 Å². The van der Waals surface area contributed by atoms with Crippen LogP contribution in [0.5, 0.6) is 0 Å². The SMILES string of the molecule is CCc1nnc(N(C)CC)c(CN)c1CC. The number of hydrogen-bond acceptors (Lipinski definition) is 4. The Kier molecular flexibility index (Phi) is 4.68. The standard InChI is InChI=1S/C12H22N4/c1-5-9-10(8-13)12(16(4)7-3)15-14-11(9)6-2/h5-8,13H2,1-4H3. The van der Waals surface area contributed by atoms with Gasteiger partial charge in [-0.15, -0.1) is 5.10 Å². The van der Waals surface area contributed by atoms with Gasteiger partial charge in [0.15, 0.2) is 5.82 Å². The first-order valence-electron chi connectivity index (χ1n) is 5.97. The molecule has 1 heterocycles. The number of nitrogens with two attached hydrogens (primary N) is 1. The molecule has 0 aliphatic rings. The Balaban J connectivity index is 3.31. The summed E-state index contributed by atoms with van der Waals surface area (Å²) in [5, 5.41) is 8.59. The molecule has 0 fully saturated rings. The summed E-state index contributed by atoms with van der Waals surface area (Å²) in [6, 6.07) is 0. The summed E-state index contributed by atoms with van der Waals surface area (Å²) in [6.07, 6.45) is 1.88. The van der Waals surface area contributed by atoms with Gasteiger partial charge in [0.2, 0.25) is 0 Å². The van der Waals surface area contributed by atoms with Gasteiger partial charge in [-0.3, -0.25) is 0 Å². The average molecular weight is 222 g/mol. The summed E-state index contributed by atoms with van der Waals surface area (Å²) in [4.78, 5) is 2.09. The minimum Gasteiger partial charge on any atom is -0.358 e. The van der Waals surface area contributed by atoms with E-state index in [4.69, 9.17) is 5.73 Å². The molecule has 0 unspecified atom stereocenters. The fourth-order valence-electron chi connectivity index (χ4n) is 1.91. The van der Waals surface area contributed by atoms with Crippen molar-refractivity contribution < 1.29 is 0 Å². The molecule has 4 heteroatoms. The molecule has 0 saturated heterocycles. The molecule has 1 rings (SSSR count). The van der Waals surface area contributed by atoms with Gasteiger partial charge in [-0.1, -0.05) is 13.8 Å². The smallest absolute Gasteiger partial charge is 0.155 e. The number of aryl methyl sites for hydroxylation is 1. The summed E-state index contributed by atoms with van der Waals surface area (Å²) < 4.78 is 0. The Labute approximate surface area is 97.9 Å². The van der Waals surface area contributed by atoms with E-state index in [0.29, 0.717) is 6.54 Å². The molecule has 0 aliphatic heterocycles. The van der Waals surface area contributed by atoms with Crippen LogP contribution < -0.4 is 10.6 Å². The maximum absolute atomic E-state index is 5.85. The predicted molar refractivity (Wildman–Crippen MR) is 67.6 cm³/mol. The Morgan fingerprint density at radius 2 is 1.75 bits per heavy atom. The second kappa shape index (κ2) is 5.80. The van der Waals surface area contributed by atoms with Gasteiger partial charge in [-0.05, 0) is 25.3 Å². The van der Waals surface area contributed by atoms with E-state index in [-0.39, 0.29) is 0 Å². The van der Waals surface area contributed by atoms with Gasteiger partial charge < -0.3 is 10.6 Å². The molecule has 2 N–H and O–H groups in total. The van der Waals surface area contributed by atoms with Crippen LogP contribution in [0.4, 0.5) is 5.82 Å². The molecular weight excluding hydrogens is 200 g/mol. The van der Waals surface area contributed by atoms with Gasteiger partial charge in [0.05, 0.1) is 5.69 Å². The minimum atomic E-state index is 0.533. The van der Waals surface area contributed by atoms with Crippen molar-refractivity contribution in [2.24, 2.45) is 5.73 Å². The minimum absolute atomic E-state index is 0.533. The van der Waals surface area contributed by atoms with Crippen molar-refractivity contribution in [1.82, 2.24) is 10.2 Å². The van der Waals surface area contributed by atoms with Gasteiger partial charge in [0.1, 0.15) is 0 Å². The quantitative estimate of drug-likeness (QED) is 0.820. The van der Waals surface area contributed by atoms with Crippen LogP contribution in [0.15, 0.2) is 0 Å². The number of aromatic nitrogens is 2. The molecule has 0 aliphatic carbocycles. The van der Waals surface area contributed by atoms with E-state index in [1.54, 1.807) is 0 Å². The van der Waals surface area contributed by atoms with Gasteiger partial charge in [0.25, 0.3) is 0 Å². The van der Waals surface area contributed by atoms with Crippen LogP contribution in [0.3, 0.4) is 0 Å². The highest BCUT2D eigenvalue weighted by atomic mass is 15.2. The van der Waals surface area contributed by atoms with Crippen molar-refractivity contribution in [3.05, 3.63) is 16.8 Å². The molecule has 0 spiro atoms. The molecule has 0 aromatic carbocycles. The third-order valence-corrected chi connectivity index (χ3v) is 2.98. The van der Waals surface area contributed by atoms with Crippen molar-refractivity contribution >= 4 is 5.82 Å². The Hall–Kier alpha value is -1.16. The van der Waals surface area contributed by atoms with Gasteiger partial charge >= 0.3 is 0 Å². The first kappa shape index (κ1) is 12.9. The molecule has 90 valence electrons. The highest BCUT2D eigenvalue weighted by molar-refractivity contribution is 5.50. The van der Waals surface area contributed by atoms with E-state index < -0.39 is 0 Å². The van der Waals surface area contributed by atoms with E-state index in [1.165, 1.54) is 5.56 Å². The normalized spacial score (nSPS) is 10.6. The van der Waals surface area contributed by atoms with E-state index >= 15 is 0 Å². The van der Waals surface area contributed by atoms with Crippen molar-refractivity contribution in [3.63, 3.8) is 0 Å². The van der Waals surface area contributed by atoms with Crippen molar-refractivity contribution in [2.75, 3.05) is 18.5 Å². The molecule has 0 radical (unpaired) electrons. The lowest BCUT2D eigenvalue weighted by atomic mass is 10.0. The number of hydrogen-bond donors (Lipinski definition) is 1. The predicted octanol–water partition coefficient (Wildman–Crippen LogP) is 1.52. The molecule has 0 saturated carbocycles. The number of anilines is 1. The second-order valence-electron chi connectivity index (χ2n) is 3.85. The maximum atomic E-state index is 5.85. The molecule has 0 amide bonds. The average Bonchev–Trinajstić information content (AvgIpc) is 2.35. The molecule has 0 bridgehead atoms. The summed E-state index contributed by atoms with van der Waals surface area (Å²) in [6.45, 7) is 7.79. The molecule has 16 heavy (non-hydrogen) atoms. The van der Waals surface area contributed by atoms with Gasteiger partial charge in [-0.2, -0.15) is 5.10 Å². The topological polar surface area (TPSA) is 55.0 Å². The van der Waals surface area contributed by atoms with Gasteiger partial charge in [0, 0.05) is 25.7 Å². The Morgan fingerprint density at radius 3 is 2.19 bits per heavy atom. The van der Waals surface area contributed by atoms with Crippen LogP contribution in [0.1, 0.15) is 37.6 Å². The fourth-order valence-corrected chi connectivity index (χ4v) is 1.91. The lowest BCUT2D eigenvalue weighted by molar-refractivity contribution is 0.806. The monoisotopic (exact) mass is 222 g/mol. The van der Waals surface area contributed by atoms with Crippen LogP contribution in [0.2, 0.25) is 0 Å². The lowest BCUT2D eigenvalue weighted by Crippen LogP contribution is -2.22. The molecule has 1 aromatic rings. The van der Waals surface area contributed by atoms with Crippen molar-refractivity contribution in [1.29, 1.82) is 0 Å². The molecule has 1 aromatic heterocycles. The summed E-state index contributed by atoms with van der Waals surface area (Å²) >= 11 is 0. The third-order valence-electron chi connectivity index (χ3n) is 2.98. The highest BCUT2D eigenvalue weighted by Crippen LogP contribution is 2.22. The largest absolute Gasteiger partial charge is 0.358 e. The first-order valence-corrected chi connectivity index (χ1v) is 5.97. The zero-order valence-electron chi connectivity index (χ0n) is 10.7. The van der Waals surface area contributed by atoms with E-state index in [0.717, 1.165) is 36.5 Å². The molecular formula is C12H22N4. The molecule has 0 atom stereocenters. The second-order valence-corrected chi connectivity index (χ2v) is 3.85. The third kappa shape index (κ3) is 2.32. The Bertz CT molecular complexity index is 349. The van der Waals surface area contributed by atoms with Crippen LogP contribution in [0, 0.1) is 0 Å². The maximum Gasteiger partial charge on any atom is 0.155 e. The van der Waals surface area contributed by atoms with E-state index in [2.05, 4.69) is 35.9 Å². The number of rotatable bonds is 5. The zero-order chi connectivity index (χ0) is 12.1. The first-order chi connectivity index (χ1) is 7.69. The fraction of sp³-hybridized carbons (Fsp3) is 0.667. The Morgan fingerprint density at radius 1 is 1.06 bits per heavy atom. The lowest BCUT2D eigenvalue weighted by Gasteiger charge is -2.21. The summed E-state index contributed by atoms with van der Waals surface area (Å²) in [5.74, 6) is 0.930. The van der Waals surface area contributed by atoms with E-state index in [1.807, 2.05) is 7.05 Å². The van der Waals surface area contributed by atoms with Gasteiger partial charge in [-0.25, -0.2) is 0 Å². The highest BCUT2D eigenvalue weighted by Gasteiger charge is 2.15. The van der Waals surface area contributed by atoms with Crippen LogP contribution in [-0.2, 0) is 19.4 Å². The summed E-state index contributed by atoms with van der Waals surface area (Å²) in [7, 11) is 2.02. The zero-order valence-corrected chi connectivity index (χ0v) is 10.7. The molecule has 4 nitrogen and oxygen atoms in total. The summed E-state index contributed by atoms with van der Waals surface area (Å²) in [5.41, 5.74) is 9.35. The van der Waals surface area contributed by atoms with Crippen molar-refractivity contribution in [3.8, 4) is 0 Å². The number of nitrogens with zero attached hydrogens (tertiary/aromatic N) is 3. The van der Waals surface area contributed by atoms with Crippen molar-refractivity contribution in [2.45, 2.75) is 40.2 Å². The van der Waals surface area contributed by atoms with Crippen LogP contribution in [-0.4, -0.2) is 23.8 Å². The van der Waals surface area contributed by atoms with E-state index in [9.17, 15) is 0 Å².